The second-order valence-electron chi connectivity index (χ2n) is 6.35. The summed E-state index contributed by atoms with van der Waals surface area (Å²) in [5.74, 6) is 0.834. The molecule has 0 spiro atoms. The van der Waals surface area contributed by atoms with Gasteiger partial charge in [0.05, 0.1) is 11.2 Å². The van der Waals surface area contributed by atoms with Gasteiger partial charge in [-0.3, -0.25) is 4.98 Å². The zero-order valence-corrected chi connectivity index (χ0v) is 13.3. The summed E-state index contributed by atoms with van der Waals surface area (Å²) in [5.41, 5.74) is 3.58. The molecule has 2 heterocycles. The van der Waals surface area contributed by atoms with E-state index in [2.05, 4.69) is 54.4 Å². The van der Waals surface area contributed by atoms with E-state index in [0.717, 1.165) is 30.2 Å². The van der Waals surface area contributed by atoms with Crippen LogP contribution in [0.3, 0.4) is 0 Å². The topological polar surface area (TPSA) is 28.2 Å². The van der Waals surface area contributed by atoms with Gasteiger partial charge in [-0.05, 0) is 44.9 Å². The van der Waals surface area contributed by atoms with Crippen LogP contribution >= 0.6 is 0 Å². The molecule has 0 saturated carbocycles. The highest BCUT2D eigenvalue weighted by Gasteiger charge is 2.24. The number of benzene rings is 1. The minimum atomic E-state index is 0.599. The molecule has 3 heteroatoms. The lowest BCUT2D eigenvalue weighted by molar-refractivity contribution is 0.378. The van der Waals surface area contributed by atoms with Gasteiger partial charge in [-0.1, -0.05) is 25.1 Å². The Bertz CT molecular complexity index is 623. The minimum absolute atomic E-state index is 0.599. The summed E-state index contributed by atoms with van der Waals surface area (Å²) in [6.45, 7) is 6.68. The van der Waals surface area contributed by atoms with Crippen molar-refractivity contribution in [1.82, 2.24) is 10.3 Å². The number of rotatable bonds is 3. The monoisotopic (exact) mass is 283 g/mol. The molecule has 1 aromatic carbocycles. The molecule has 1 aliphatic rings. The van der Waals surface area contributed by atoms with Crippen molar-refractivity contribution in [2.45, 2.75) is 39.3 Å². The molecule has 3 nitrogen and oxygen atoms in total. The van der Waals surface area contributed by atoms with E-state index in [4.69, 9.17) is 4.98 Å². The van der Waals surface area contributed by atoms with Crippen molar-refractivity contribution in [2.75, 3.05) is 18.5 Å². The third-order valence-electron chi connectivity index (χ3n) is 4.55. The molecule has 1 fully saturated rings. The first kappa shape index (κ1) is 14.3. The van der Waals surface area contributed by atoms with Crippen molar-refractivity contribution in [3.63, 3.8) is 0 Å². The number of para-hydroxylation sites is 1. The van der Waals surface area contributed by atoms with Gasteiger partial charge in [0.25, 0.3) is 0 Å². The fraction of sp³-hybridized carbons (Fsp3) is 0.500. The molecule has 0 aliphatic carbocycles. The molecule has 0 amide bonds. The van der Waals surface area contributed by atoms with E-state index in [1.165, 1.54) is 23.9 Å². The van der Waals surface area contributed by atoms with Crippen LogP contribution in [0.25, 0.3) is 10.9 Å². The third-order valence-corrected chi connectivity index (χ3v) is 4.55. The Morgan fingerprint density at radius 2 is 2.10 bits per heavy atom. The fourth-order valence-electron chi connectivity index (χ4n) is 3.48. The lowest BCUT2D eigenvalue weighted by Gasteiger charge is -2.39. The molecule has 2 unspecified atom stereocenters. The predicted molar refractivity (Wildman–Crippen MR) is 89.7 cm³/mol. The predicted octanol–water partition coefficient (Wildman–Crippen LogP) is 3.58. The largest absolute Gasteiger partial charge is 0.368 e. The van der Waals surface area contributed by atoms with Crippen LogP contribution in [0.2, 0.25) is 0 Å². The van der Waals surface area contributed by atoms with E-state index >= 15 is 0 Å². The molecule has 112 valence electrons. The Labute approximate surface area is 127 Å². The van der Waals surface area contributed by atoms with Crippen molar-refractivity contribution in [3.8, 4) is 0 Å². The van der Waals surface area contributed by atoms with Gasteiger partial charge in [0.2, 0.25) is 0 Å². The standard InChI is InChI=1S/C18H25N3/c1-13-8-9-21(14(2)10-13)18-11-15(12-19-3)20-17-7-5-4-6-16(17)18/h4-7,11,13-14,19H,8-10,12H2,1-3H3. The summed E-state index contributed by atoms with van der Waals surface area (Å²) in [5, 5.41) is 4.49. The van der Waals surface area contributed by atoms with Gasteiger partial charge in [0.15, 0.2) is 0 Å². The van der Waals surface area contributed by atoms with E-state index in [1.54, 1.807) is 0 Å². The smallest absolute Gasteiger partial charge is 0.0726 e. The third kappa shape index (κ3) is 2.88. The van der Waals surface area contributed by atoms with E-state index in [-0.39, 0.29) is 0 Å². The molecular formula is C18H25N3. The molecule has 0 bridgehead atoms. The van der Waals surface area contributed by atoms with Gasteiger partial charge in [-0.25, -0.2) is 0 Å². The number of aromatic nitrogens is 1. The van der Waals surface area contributed by atoms with Crippen molar-refractivity contribution in [1.29, 1.82) is 0 Å². The highest BCUT2D eigenvalue weighted by Crippen LogP contribution is 2.33. The molecular weight excluding hydrogens is 258 g/mol. The summed E-state index contributed by atoms with van der Waals surface area (Å²) in [6, 6.07) is 11.4. The summed E-state index contributed by atoms with van der Waals surface area (Å²) in [7, 11) is 1.97. The molecule has 0 radical (unpaired) electrons. The van der Waals surface area contributed by atoms with Crippen LogP contribution < -0.4 is 10.2 Å². The van der Waals surface area contributed by atoms with Gasteiger partial charge < -0.3 is 10.2 Å². The Morgan fingerprint density at radius 1 is 1.29 bits per heavy atom. The SMILES string of the molecule is CNCc1cc(N2CCC(C)CC2C)c2ccccc2n1. The second-order valence-corrected chi connectivity index (χ2v) is 6.35. The number of fused-ring (bicyclic) bond motifs is 1. The van der Waals surface area contributed by atoms with E-state index < -0.39 is 0 Å². The summed E-state index contributed by atoms with van der Waals surface area (Å²) in [4.78, 5) is 7.34. The van der Waals surface area contributed by atoms with Crippen LogP contribution in [0.5, 0.6) is 0 Å². The maximum absolute atomic E-state index is 4.77. The van der Waals surface area contributed by atoms with Crippen LogP contribution in [0, 0.1) is 5.92 Å². The minimum Gasteiger partial charge on any atom is -0.368 e. The normalized spacial score (nSPS) is 22.7. The van der Waals surface area contributed by atoms with E-state index in [9.17, 15) is 0 Å². The number of hydrogen-bond donors (Lipinski definition) is 1. The summed E-state index contributed by atoms with van der Waals surface area (Å²) < 4.78 is 0. The van der Waals surface area contributed by atoms with Crippen molar-refractivity contribution >= 4 is 16.6 Å². The van der Waals surface area contributed by atoms with Gasteiger partial charge in [-0.15, -0.1) is 0 Å². The quantitative estimate of drug-likeness (QED) is 0.933. The average molecular weight is 283 g/mol. The van der Waals surface area contributed by atoms with Gasteiger partial charge in [0.1, 0.15) is 0 Å². The zero-order valence-electron chi connectivity index (χ0n) is 13.3. The van der Waals surface area contributed by atoms with Crippen LogP contribution in [0.4, 0.5) is 5.69 Å². The van der Waals surface area contributed by atoms with Crippen molar-refractivity contribution < 1.29 is 0 Å². The summed E-state index contributed by atoms with van der Waals surface area (Å²) >= 11 is 0. The number of nitrogens with one attached hydrogen (secondary N) is 1. The first-order valence-electron chi connectivity index (χ1n) is 7.99. The molecule has 2 aromatic rings. The summed E-state index contributed by atoms with van der Waals surface area (Å²) in [6.07, 6.45) is 2.56. The zero-order chi connectivity index (χ0) is 14.8. The first-order valence-corrected chi connectivity index (χ1v) is 7.99. The highest BCUT2D eigenvalue weighted by molar-refractivity contribution is 5.92. The van der Waals surface area contributed by atoms with Crippen molar-refractivity contribution in [2.24, 2.45) is 5.92 Å². The van der Waals surface area contributed by atoms with E-state index in [0.29, 0.717) is 6.04 Å². The van der Waals surface area contributed by atoms with Crippen molar-refractivity contribution in [3.05, 3.63) is 36.0 Å². The molecule has 21 heavy (non-hydrogen) atoms. The molecule has 1 saturated heterocycles. The van der Waals surface area contributed by atoms with E-state index in [1.807, 2.05) is 7.05 Å². The average Bonchev–Trinajstić information content (AvgIpc) is 2.47. The molecule has 3 rings (SSSR count). The number of nitrogens with zero attached hydrogens (tertiary/aromatic N) is 2. The maximum atomic E-state index is 4.77. The van der Waals surface area contributed by atoms with Gasteiger partial charge in [0, 0.05) is 30.2 Å². The Balaban J connectivity index is 2.07. The van der Waals surface area contributed by atoms with Crippen LogP contribution in [-0.2, 0) is 6.54 Å². The molecule has 1 N–H and O–H groups in total. The number of piperidine rings is 1. The molecule has 1 aliphatic heterocycles. The Morgan fingerprint density at radius 3 is 2.86 bits per heavy atom. The fourth-order valence-corrected chi connectivity index (χ4v) is 3.48. The second kappa shape index (κ2) is 6.02. The number of hydrogen-bond acceptors (Lipinski definition) is 3. The van der Waals surface area contributed by atoms with Gasteiger partial charge >= 0.3 is 0 Å². The number of pyridine rings is 1. The Hall–Kier alpha value is -1.61. The van der Waals surface area contributed by atoms with Crippen LogP contribution in [-0.4, -0.2) is 24.6 Å². The first-order chi connectivity index (χ1) is 10.2. The lowest BCUT2D eigenvalue weighted by Crippen LogP contribution is -2.40. The number of anilines is 1. The van der Waals surface area contributed by atoms with Crippen LogP contribution in [0.15, 0.2) is 30.3 Å². The maximum Gasteiger partial charge on any atom is 0.0726 e. The van der Waals surface area contributed by atoms with Crippen LogP contribution in [0.1, 0.15) is 32.4 Å². The Kier molecular flexibility index (Phi) is 4.11. The lowest BCUT2D eigenvalue weighted by atomic mass is 9.92. The molecule has 1 aromatic heterocycles. The highest BCUT2D eigenvalue weighted by atomic mass is 15.2. The molecule has 2 atom stereocenters. The van der Waals surface area contributed by atoms with Gasteiger partial charge in [-0.2, -0.15) is 0 Å².